The highest BCUT2D eigenvalue weighted by Crippen LogP contribution is 2.22. The van der Waals surface area contributed by atoms with Crippen LogP contribution in [0.3, 0.4) is 0 Å². The van der Waals surface area contributed by atoms with Crippen LogP contribution in [0, 0.1) is 5.41 Å². The van der Waals surface area contributed by atoms with Gasteiger partial charge in [-0.1, -0.05) is 26.0 Å². The Labute approximate surface area is 110 Å². The van der Waals surface area contributed by atoms with E-state index in [1.54, 1.807) is 7.11 Å². The Morgan fingerprint density at radius 3 is 2.39 bits per heavy atom. The summed E-state index contributed by atoms with van der Waals surface area (Å²) in [5.74, 6) is 0.875. The second-order valence-corrected chi connectivity index (χ2v) is 5.20. The third-order valence-electron chi connectivity index (χ3n) is 3.69. The number of aliphatic hydroxyl groups is 1. The summed E-state index contributed by atoms with van der Waals surface area (Å²) in [6.45, 7) is 7.37. The summed E-state index contributed by atoms with van der Waals surface area (Å²) in [4.78, 5) is 0. The topological polar surface area (TPSA) is 41.5 Å². The van der Waals surface area contributed by atoms with Crippen molar-refractivity contribution >= 4 is 0 Å². The van der Waals surface area contributed by atoms with Gasteiger partial charge in [0.05, 0.1) is 7.11 Å². The smallest absolute Gasteiger partial charge is 0.118 e. The molecule has 3 nitrogen and oxygen atoms in total. The summed E-state index contributed by atoms with van der Waals surface area (Å²) in [6, 6.07) is 8.35. The Kier molecular flexibility index (Phi) is 5.63. The van der Waals surface area contributed by atoms with E-state index in [0.29, 0.717) is 0 Å². The lowest BCUT2D eigenvalue weighted by Gasteiger charge is -2.28. The molecule has 0 aliphatic rings. The molecule has 0 spiro atoms. The van der Waals surface area contributed by atoms with E-state index in [2.05, 4.69) is 38.2 Å². The van der Waals surface area contributed by atoms with Crippen LogP contribution < -0.4 is 10.1 Å². The molecule has 0 saturated heterocycles. The van der Waals surface area contributed by atoms with Crippen LogP contribution in [0.15, 0.2) is 24.3 Å². The van der Waals surface area contributed by atoms with Gasteiger partial charge in [-0.15, -0.1) is 0 Å². The first-order chi connectivity index (χ1) is 8.54. The van der Waals surface area contributed by atoms with Crippen molar-refractivity contribution in [3.63, 3.8) is 0 Å². The van der Waals surface area contributed by atoms with E-state index >= 15 is 0 Å². The van der Waals surface area contributed by atoms with Crippen LogP contribution in [0.2, 0.25) is 0 Å². The molecular formula is C15H25NO2. The van der Waals surface area contributed by atoms with Crippen molar-refractivity contribution in [2.75, 3.05) is 20.3 Å². The van der Waals surface area contributed by atoms with Gasteiger partial charge in [0.15, 0.2) is 0 Å². The van der Waals surface area contributed by atoms with Crippen molar-refractivity contribution in [2.45, 2.75) is 33.2 Å². The molecule has 0 aliphatic carbocycles. The molecule has 2 atom stereocenters. The second-order valence-electron chi connectivity index (χ2n) is 5.20. The van der Waals surface area contributed by atoms with Gasteiger partial charge in [0.1, 0.15) is 5.75 Å². The van der Waals surface area contributed by atoms with E-state index < -0.39 is 0 Å². The van der Waals surface area contributed by atoms with E-state index in [9.17, 15) is 5.11 Å². The molecule has 0 heterocycles. The highest BCUT2D eigenvalue weighted by molar-refractivity contribution is 5.28. The highest BCUT2D eigenvalue weighted by Gasteiger charge is 2.21. The molecule has 18 heavy (non-hydrogen) atoms. The van der Waals surface area contributed by atoms with Crippen molar-refractivity contribution in [3.05, 3.63) is 29.8 Å². The molecule has 0 aliphatic heterocycles. The first kappa shape index (κ1) is 15.0. The Morgan fingerprint density at radius 2 is 1.94 bits per heavy atom. The van der Waals surface area contributed by atoms with Gasteiger partial charge in [-0.05, 0) is 31.0 Å². The predicted octanol–water partition coefficient (Wildman–Crippen LogP) is 2.75. The number of rotatable bonds is 7. The lowest BCUT2D eigenvalue weighted by molar-refractivity contribution is 0.132. The number of benzene rings is 1. The van der Waals surface area contributed by atoms with Gasteiger partial charge in [-0.2, -0.15) is 0 Å². The maximum Gasteiger partial charge on any atom is 0.118 e. The lowest BCUT2D eigenvalue weighted by atomic mass is 9.88. The number of hydrogen-bond acceptors (Lipinski definition) is 3. The van der Waals surface area contributed by atoms with E-state index in [-0.39, 0.29) is 18.1 Å². The van der Waals surface area contributed by atoms with E-state index in [4.69, 9.17) is 4.74 Å². The predicted molar refractivity (Wildman–Crippen MR) is 74.9 cm³/mol. The first-order valence-electron chi connectivity index (χ1n) is 6.53. The molecule has 0 radical (unpaired) electrons. The van der Waals surface area contributed by atoms with Crippen LogP contribution in [0.5, 0.6) is 5.75 Å². The van der Waals surface area contributed by atoms with Crippen LogP contribution in [0.4, 0.5) is 0 Å². The maximum atomic E-state index is 9.38. The maximum absolute atomic E-state index is 9.38. The molecule has 0 aromatic heterocycles. The summed E-state index contributed by atoms with van der Waals surface area (Å²) in [6.07, 6.45) is 0.964. The molecule has 0 saturated carbocycles. The van der Waals surface area contributed by atoms with Crippen molar-refractivity contribution < 1.29 is 9.84 Å². The molecule has 102 valence electrons. The quantitative estimate of drug-likeness (QED) is 0.783. The van der Waals surface area contributed by atoms with Crippen LogP contribution >= 0.6 is 0 Å². The first-order valence-corrected chi connectivity index (χ1v) is 6.53. The largest absolute Gasteiger partial charge is 0.497 e. The molecule has 0 bridgehead atoms. The normalized spacial score (nSPS) is 16.1. The molecule has 0 fully saturated rings. The fourth-order valence-corrected chi connectivity index (χ4v) is 1.70. The molecule has 2 N–H and O–H groups in total. The second kappa shape index (κ2) is 6.76. The summed E-state index contributed by atoms with van der Waals surface area (Å²) in [7, 11) is 1.67. The average molecular weight is 251 g/mol. The Balaban J connectivity index is 2.56. The molecule has 1 aromatic rings. The lowest BCUT2D eigenvalue weighted by Crippen LogP contribution is -2.35. The minimum absolute atomic E-state index is 0.0409. The Bertz CT molecular complexity index is 344. The SMILES string of the molecule is CCC(C)(CO)CNC(C)c1ccc(OC)cc1. The average Bonchev–Trinajstić information content (AvgIpc) is 2.44. The fourth-order valence-electron chi connectivity index (χ4n) is 1.70. The van der Waals surface area contributed by atoms with Gasteiger partial charge in [-0.3, -0.25) is 0 Å². The standard InChI is InChI=1S/C15H25NO2/c1-5-15(3,11-17)10-16-12(2)13-6-8-14(18-4)9-7-13/h6-9,12,16-17H,5,10-11H2,1-4H3. The zero-order chi connectivity index (χ0) is 13.6. The molecule has 3 heteroatoms. The zero-order valence-electron chi connectivity index (χ0n) is 11.9. The number of ether oxygens (including phenoxy) is 1. The summed E-state index contributed by atoms with van der Waals surface area (Å²) >= 11 is 0. The molecule has 2 unspecified atom stereocenters. The van der Waals surface area contributed by atoms with Gasteiger partial charge in [0.25, 0.3) is 0 Å². The van der Waals surface area contributed by atoms with Crippen LogP contribution in [0.1, 0.15) is 38.8 Å². The summed E-state index contributed by atoms with van der Waals surface area (Å²) in [5.41, 5.74) is 1.19. The Morgan fingerprint density at radius 1 is 1.33 bits per heavy atom. The number of hydrogen-bond donors (Lipinski definition) is 2. The van der Waals surface area contributed by atoms with Crippen molar-refractivity contribution in [1.82, 2.24) is 5.32 Å². The monoisotopic (exact) mass is 251 g/mol. The van der Waals surface area contributed by atoms with E-state index in [1.165, 1.54) is 5.56 Å². The van der Waals surface area contributed by atoms with Gasteiger partial charge in [0, 0.05) is 24.6 Å². The number of methoxy groups -OCH3 is 1. The van der Waals surface area contributed by atoms with Crippen LogP contribution in [-0.2, 0) is 0 Å². The van der Waals surface area contributed by atoms with E-state index in [0.717, 1.165) is 18.7 Å². The summed E-state index contributed by atoms with van der Waals surface area (Å²) in [5, 5.41) is 12.9. The van der Waals surface area contributed by atoms with Crippen molar-refractivity contribution in [3.8, 4) is 5.75 Å². The third kappa shape index (κ3) is 4.00. The minimum atomic E-state index is -0.0409. The van der Waals surface area contributed by atoms with E-state index in [1.807, 2.05) is 12.1 Å². The van der Waals surface area contributed by atoms with Gasteiger partial charge in [-0.25, -0.2) is 0 Å². The van der Waals surface area contributed by atoms with Gasteiger partial charge < -0.3 is 15.2 Å². The summed E-state index contributed by atoms with van der Waals surface area (Å²) < 4.78 is 5.14. The van der Waals surface area contributed by atoms with Gasteiger partial charge >= 0.3 is 0 Å². The van der Waals surface area contributed by atoms with Crippen LogP contribution in [0.25, 0.3) is 0 Å². The highest BCUT2D eigenvalue weighted by atomic mass is 16.5. The van der Waals surface area contributed by atoms with Crippen LogP contribution in [-0.4, -0.2) is 25.4 Å². The molecule has 0 amide bonds. The minimum Gasteiger partial charge on any atom is -0.497 e. The molecular weight excluding hydrogens is 226 g/mol. The zero-order valence-corrected chi connectivity index (χ0v) is 11.9. The van der Waals surface area contributed by atoms with Crippen molar-refractivity contribution in [2.24, 2.45) is 5.41 Å². The third-order valence-corrected chi connectivity index (χ3v) is 3.69. The number of nitrogens with one attached hydrogen (secondary N) is 1. The molecule has 1 rings (SSSR count). The fraction of sp³-hybridized carbons (Fsp3) is 0.600. The molecule has 1 aromatic carbocycles. The van der Waals surface area contributed by atoms with Crippen molar-refractivity contribution in [1.29, 1.82) is 0 Å². The number of aliphatic hydroxyl groups excluding tert-OH is 1. The van der Waals surface area contributed by atoms with Gasteiger partial charge in [0.2, 0.25) is 0 Å². The Hall–Kier alpha value is -1.06.